The van der Waals surface area contributed by atoms with Gasteiger partial charge in [-0.2, -0.15) is 0 Å². The highest BCUT2D eigenvalue weighted by atomic mass is 16.5. The molecule has 186 valence electrons. The van der Waals surface area contributed by atoms with Crippen LogP contribution in [0, 0.1) is 5.41 Å². The van der Waals surface area contributed by atoms with Crippen molar-refractivity contribution in [2.45, 2.75) is 19.3 Å². The van der Waals surface area contributed by atoms with Crippen LogP contribution in [0.4, 0.5) is 5.69 Å². The lowest BCUT2D eigenvalue weighted by atomic mass is 9.77. The second kappa shape index (κ2) is 9.62. The first-order valence-corrected chi connectivity index (χ1v) is 12.2. The molecule has 2 aromatic carbocycles. The summed E-state index contributed by atoms with van der Waals surface area (Å²) in [5.74, 6) is 0.746. The van der Waals surface area contributed by atoms with Crippen LogP contribution in [-0.4, -0.2) is 55.0 Å². The van der Waals surface area contributed by atoms with Crippen molar-refractivity contribution in [3.05, 3.63) is 72.2 Å². The van der Waals surface area contributed by atoms with E-state index in [-0.39, 0.29) is 11.8 Å². The fraction of sp³-hybridized carbons (Fsp3) is 0.321. The predicted molar refractivity (Wildman–Crippen MR) is 140 cm³/mol. The number of piperidine rings is 1. The Balaban J connectivity index is 1.32. The highest BCUT2D eigenvalue weighted by molar-refractivity contribution is 6.07. The van der Waals surface area contributed by atoms with Gasteiger partial charge in [0.05, 0.1) is 12.5 Å². The van der Waals surface area contributed by atoms with E-state index in [1.165, 1.54) is 6.20 Å². The Hall–Kier alpha value is -3.91. The van der Waals surface area contributed by atoms with Crippen molar-refractivity contribution in [1.82, 2.24) is 9.88 Å². The van der Waals surface area contributed by atoms with Crippen LogP contribution in [0.3, 0.4) is 0 Å². The van der Waals surface area contributed by atoms with Crippen molar-refractivity contribution in [2.24, 2.45) is 16.9 Å². The minimum Gasteiger partial charge on any atom is -0.496 e. The number of carbonyl (C=O) groups is 2. The molecule has 0 bridgehead atoms. The van der Waals surface area contributed by atoms with Gasteiger partial charge in [-0.25, -0.2) is 0 Å². The second-order valence-corrected chi connectivity index (χ2v) is 9.46. The number of likely N-dealkylation sites (tertiary alicyclic amines) is 1. The van der Waals surface area contributed by atoms with E-state index in [1.807, 2.05) is 52.3 Å². The van der Waals surface area contributed by atoms with Crippen LogP contribution in [0.5, 0.6) is 5.75 Å². The van der Waals surface area contributed by atoms with Crippen molar-refractivity contribution >= 4 is 33.8 Å². The number of pyridine rings is 1. The molecule has 1 aromatic heterocycles. The topological polar surface area (TPSA) is 115 Å². The molecule has 8 nitrogen and oxygen atoms in total. The molecule has 2 aliphatic heterocycles. The number of hydrogen-bond donors (Lipinski definition) is 2. The summed E-state index contributed by atoms with van der Waals surface area (Å²) in [7, 11) is 1.60. The maximum absolute atomic E-state index is 13.7. The molecule has 0 unspecified atom stereocenters. The normalized spacial score (nSPS) is 17.7. The molecule has 2 aliphatic rings. The zero-order chi connectivity index (χ0) is 25.3. The first-order valence-electron chi connectivity index (χ1n) is 12.2. The summed E-state index contributed by atoms with van der Waals surface area (Å²) in [6.45, 7) is 2.04. The van der Waals surface area contributed by atoms with E-state index in [0.29, 0.717) is 50.3 Å². The summed E-state index contributed by atoms with van der Waals surface area (Å²) in [5.41, 5.74) is 14.1. The average Bonchev–Trinajstić information content (AvgIpc) is 3.24. The number of rotatable bonds is 5. The Bertz CT molecular complexity index is 1340. The predicted octanol–water partition coefficient (Wildman–Crippen LogP) is 3.16. The van der Waals surface area contributed by atoms with E-state index in [4.69, 9.17) is 16.2 Å². The molecular weight excluding hydrogens is 454 g/mol. The third-order valence-corrected chi connectivity index (χ3v) is 7.70. The van der Waals surface area contributed by atoms with E-state index < -0.39 is 5.41 Å². The Morgan fingerprint density at radius 2 is 1.89 bits per heavy atom. The van der Waals surface area contributed by atoms with Gasteiger partial charge in [-0.05, 0) is 60.7 Å². The van der Waals surface area contributed by atoms with Gasteiger partial charge in [0.15, 0.2) is 0 Å². The van der Waals surface area contributed by atoms with Gasteiger partial charge in [0.2, 0.25) is 5.91 Å². The SMILES string of the molecule is COc1cc(N2CCC3(CCN(C(=O)c4cccc5ccncc45)CC3)C2=O)ccc1/C(=C/N)CN. The largest absolute Gasteiger partial charge is 0.496 e. The third-order valence-electron chi connectivity index (χ3n) is 7.70. The van der Waals surface area contributed by atoms with Crippen molar-refractivity contribution in [2.75, 3.05) is 38.2 Å². The minimum absolute atomic E-state index is 0.00487. The zero-order valence-corrected chi connectivity index (χ0v) is 20.4. The number of fused-ring (bicyclic) bond motifs is 1. The lowest BCUT2D eigenvalue weighted by Crippen LogP contribution is -2.46. The number of anilines is 1. The average molecular weight is 486 g/mol. The van der Waals surface area contributed by atoms with Gasteiger partial charge in [-0.15, -0.1) is 0 Å². The van der Waals surface area contributed by atoms with Crippen LogP contribution in [0.2, 0.25) is 0 Å². The molecule has 0 saturated carbocycles. The number of amides is 2. The molecule has 0 radical (unpaired) electrons. The molecular formula is C28H31N5O3. The van der Waals surface area contributed by atoms with Crippen LogP contribution >= 0.6 is 0 Å². The number of ether oxygens (including phenoxy) is 1. The number of hydrogen-bond acceptors (Lipinski definition) is 6. The summed E-state index contributed by atoms with van der Waals surface area (Å²) in [5, 5.41) is 1.85. The van der Waals surface area contributed by atoms with Crippen molar-refractivity contribution < 1.29 is 14.3 Å². The molecule has 5 rings (SSSR count). The summed E-state index contributed by atoms with van der Waals surface area (Å²) in [6.07, 6.45) is 7.03. The molecule has 3 aromatic rings. The van der Waals surface area contributed by atoms with Gasteiger partial charge < -0.3 is 26.0 Å². The molecule has 0 aliphatic carbocycles. The Morgan fingerprint density at radius 1 is 1.11 bits per heavy atom. The standard InChI is InChI=1S/C28H31N5O3/c1-36-25-15-21(5-6-22(25)20(16-29)17-30)33-14-10-28(27(33)35)8-12-32(13-9-28)26(34)23-4-2-3-19-7-11-31-18-24(19)23/h2-7,11,15-16,18H,8-10,12-14,17,29-30H2,1H3/b20-16+. The van der Waals surface area contributed by atoms with E-state index in [0.717, 1.165) is 34.0 Å². The number of nitrogens with two attached hydrogens (primary N) is 2. The summed E-state index contributed by atoms with van der Waals surface area (Å²) >= 11 is 0. The van der Waals surface area contributed by atoms with Crippen molar-refractivity contribution in [1.29, 1.82) is 0 Å². The molecule has 0 atom stereocenters. The van der Waals surface area contributed by atoms with Gasteiger partial charge in [-0.3, -0.25) is 14.6 Å². The Kier molecular flexibility index (Phi) is 6.36. The van der Waals surface area contributed by atoms with E-state index in [1.54, 1.807) is 19.5 Å². The lowest BCUT2D eigenvalue weighted by molar-refractivity contribution is -0.127. The molecule has 4 N–H and O–H groups in total. The van der Waals surface area contributed by atoms with Gasteiger partial charge in [0.1, 0.15) is 5.75 Å². The monoisotopic (exact) mass is 485 g/mol. The fourth-order valence-corrected chi connectivity index (χ4v) is 5.52. The number of aromatic nitrogens is 1. The minimum atomic E-state index is -0.442. The van der Waals surface area contributed by atoms with Gasteiger partial charge in [-0.1, -0.05) is 12.1 Å². The maximum Gasteiger partial charge on any atom is 0.254 e. The summed E-state index contributed by atoms with van der Waals surface area (Å²) < 4.78 is 5.58. The van der Waals surface area contributed by atoms with Crippen LogP contribution in [0.25, 0.3) is 16.3 Å². The van der Waals surface area contributed by atoms with E-state index in [9.17, 15) is 9.59 Å². The Labute approximate surface area is 210 Å². The molecule has 2 amide bonds. The van der Waals surface area contributed by atoms with Gasteiger partial charge in [0.25, 0.3) is 5.91 Å². The quantitative estimate of drug-likeness (QED) is 0.574. The number of methoxy groups -OCH3 is 1. The third kappa shape index (κ3) is 3.97. The smallest absolute Gasteiger partial charge is 0.254 e. The van der Waals surface area contributed by atoms with Crippen LogP contribution in [0.1, 0.15) is 35.2 Å². The molecule has 2 fully saturated rings. The number of nitrogens with zero attached hydrogens (tertiary/aromatic N) is 3. The van der Waals surface area contributed by atoms with Crippen molar-refractivity contribution in [3.63, 3.8) is 0 Å². The van der Waals surface area contributed by atoms with E-state index in [2.05, 4.69) is 4.98 Å². The number of benzene rings is 2. The first kappa shape index (κ1) is 23.8. The fourth-order valence-electron chi connectivity index (χ4n) is 5.52. The second-order valence-electron chi connectivity index (χ2n) is 9.46. The summed E-state index contributed by atoms with van der Waals surface area (Å²) in [4.78, 5) is 34.9. The highest BCUT2D eigenvalue weighted by Crippen LogP contribution is 2.44. The van der Waals surface area contributed by atoms with Gasteiger partial charge in [0, 0.05) is 66.8 Å². The lowest BCUT2D eigenvalue weighted by Gasteiger charge is -2.38. The zero-order valence-electron chi connectivity index (χ0n) is 20.4. The first-order chi connectivity index (χ1) is 17.5. The van der Waals surface area contributed by atoms with Gasteiger partial charge >= 0.3 is 0 Å². The maximum atomic E-state index is 13.7. The molecule has 36 heavy (non-hydrogen) atoms. The van der Waals surface area contributed by atoms with Crippen LogP contribution in [0.15, 0.2) is 61.1 Å². The molecule has 3 heterocycles. The van der Waals surface area contributed by atoms with Crippen LogP contribution in [-0.2, 0) is 4.79 Å². The van der Waals surface area contributed by atoms with Crippen LogP contribution < -0.4 is 21.1 Å². The van der Waals surface area contributed by atoms with Crippen molar-refractivity contribution in [3.8, 4) is 5.75 Å². The Morgan fingerprint density at radius 3 is 2.61 bits per heavy atom. The molecule has 2 saturated heterocycles. The number of carbonyl (C=O) groups excluding carboxylic acids is 2. The molecule has 1 spiro atoms. The van der Waals surface area contributed by atoms with E-state index >= 15 is 0 Å². The summed E-state index contributed by atoms with van der Waals surface area (Å²) in [6, 6.07) is 13.3. The molecule has 8 heteroatoms. The highest BCUT2D eigenvalue weighted by Gasteiger charge is 2.49.